The van der Waals surface area contributed by atoms with Crippen LogP contribution in [0.1, 0.15) is 43.5 Å². The highest BCUT2D eigenvalue weighted by atomic mass is 16.5. The molecule has 0 spiro atoms. The van der Waals surface area contributed by atoms with E-state index in [4.69, 9.17) is 14.5 Å². The van der Waals surface area contributed by atoms with Crippen molar-refractivity contribution in [2.45, 2.75) is 51.6 Å². The van der Waals surface area contributed by atoms with Gasteiger partial charge in [-0.1, -0.05) is 6.42 Å². The van der Waals surface area contributed by atoms with Crippen molar-refractivity contribution in [1.82, 2.24) is 24.8 Å². The standard InChI is InChI=1S/C25H32N6O3/c1-33-19-9-10-20(34-2)18(13-19)14-26-25(32)17-7-6-11-30(15-17)23-22-24(28-16-27-23)31-12-5-3-4-8-21(31)29-22/h9-10,13,16-17H,3-8,11-12,14-15H2,1-2H3,(H,26,32)/t17-/m1/s1. The molecule has 1 atom stereocenters. The van der Waals surface area contributed by atoms with Gasteiger partial charge in [-0.3, -0.25) is 4.79 Å². The lowest BCUT2D eigenvalue weighted by Gasteiger charge is -2.32. The number of piperidine rings is 1. The maximum Gasteiger partial charge on any atom is 0.225 e. The summed E-state index contributed by atoms with van der Waals surface area (Å²) in [5.74, 6) is 3.34. The molecule has 0 aliphatic carbocycles. The normalized spacial score (nSPS) is 18.3. The molecule has 9 heteroatoms. The summed E-state index contributed by atoms with van der Waals surface area (Å²) in [5.41, 5.74) is 2.67. The Morgan fingerprint density at radius 2 is 2.03 bits per heavy atom. The van der Waals surface area contributed by atoms with Crippen molar-refractivity contribution in [3.05, 3.63) is 35.9 Å². The molecule has 180 valence electrons. The number of ether oxygens (including phenoxy) is 2. The van der Waals surface area contributed by atoms with E-state index in [1.165, 1.54) is 6.42 Å². The summed E-state index contributed by atoms with van der Waals surface area (Å²) in [6.07, 6.45) is 7.95. The van der Waals surface area contributed by atoms with Gasteiger partial charge in [0.1, 0.15) is 23.7 Å². The highest BCUT2D eigenvalue weighted by Crippen LogP contribution is 2.30. The summed E-state index contributed by atoms with van der Waals surface area (Å²) in [6, 6.07) is 5.60. The van der Waals surface area contributed by atoms with E-state index >= 15 is 0 Å². The number of rotatable bonds is 6. The predicted octanol–water partition coefficient (Wildman–Crippen LogP) is 3.10. The van der Waals surface area contributed by atoms with Gasteiger partial charge in [-0.25, -0.2) is 15.0 Å². The number of hydrogen-bond donors (Lipinski definition) is 1. The van der Waals surface area contributed by atoms with Crippen LogP contribution in [0.25, 0.3) is 11.2 Å². The number of imidazole rings is 1. The SMILES string of the molecule is COc1ccc(OC)c(CNC(=O)[C@@H]2CCCN(c3ncnc4c3nc3n4CCCCC3)C2)c1. The molecule has 0 bridgehead atoms. The van der Waals surface area contributed by atoms with E-state index in [1.807, 2.05) is 18.2 Å². The second kappa shape index (κ2) is 9.87. The molecule has 34 heavy (non-hydrogen) atoms. The van der Waals surface area contributed by atoms with E-state index < -0.39 is 0 Å². The molecule has 2 aliphatic heterocycles. The Hall–Kier alpha value is -3.36. The van der Waals surface area contributed by atoms with Gasteiger partial charge < -0.3 is 24.3 Å². The Kier molecular flexibility index (Phi) is 6.51. The maximum atomic E-state index is 13.1. The van der Waals surface area contributed by atoms with Crippen LogP contribution in [0, 0.1) is 5.92 Å². The zero-order chi connectivity index (χ0) is 23.5. The largest absolute Gasteiger partial charge is 0.497 e. The first-order valence-corrected chi connectivity index (χ1v) is 12.1. The molecule has 5 rings (SSSR count). The number of methoxy groups -OCH3 is 2. The quantitative estimate of drug-likeness (QED) is 0.599. The summed E-state index contributed by atoms with van der Waals surface area (Å²) in [5, 5.41) is 3.10. The van der Waals surface area contributed by atoms with Gasteiger partial charge in [-0.15, -0.1) is 0 Å². The van der Waals surface area contributed by atoms with Gasteiger partial charge in [0.15, 0.2) is 17.0 Å². The minimum atomic E-state index is -0.115. The minimum Gasteiger partial charge on any atom is -0.497 e. The van der Waals surface area contributed by atoms with Crippen LogP contribution in [0.4, 0.5) is 5.82 Å². The number of amides is 1. The van der Waals surface area contributed by atoms with Gasteiger partial charge in [-0.05, 0) is 43.9 Å². The lowest BCUT2D eigenvalue weighted by molar-refractivity contribution is -0.125. The molecular weight excluding hydrogens is 432 g/mol. The second-order valence-corrected chi connectivity index (χ2v) is 9.04. The lowest BCUT2D eigenvalue weighted by Crippen LogP contribution is -2.43. The second-order valence-electron chi connectivity index (χ2n) is 9.04. The van der Waals surface area contributed by atoms with Crippen molar-refractivity contribution in [3.8, 4) is 11.5 Å². The number of nitrogens with zero attached hydrogens (tertiary/aromatic N) is 5. The van der Waals surface area contributed by atoms with Crippen molar-refractivity contribution in [3.63, 3.8) is 0 Å². The molecule has 0 saturated carbocycles. The Morgan fingerprint density at radius 3 is 2.88 bits per heavy atom. The number of anilines is 1. The summed E-state index contributed by atoms with van der Waals surface area (Å²) in [4.78, 5) is 29.4. The van der Waals surface area contributed by atoms with Gasteiger partial charge in [0.25, 0.3) is 0 Å². The molecule has 1 amide bonds. The van der Waals surface area contributed by atoms with Gasteiger partial charge in [0.05, 0.1) is 20.1 Å². The Labute approximate surface area is 199 Å². The topological polar surface area (TPSA) is 94.4 Å². The smallest absolute Gasteiger partial charge is 0.225 e. The highest BCUT2D eigenvalue weighted by Gasteiger charge is 2.29. The predicted molar refractivity (Wildman–Crippen MR) is 129 cm³/mol. The number of nitrogens with one attached hydrogen (secondary N) is 1. The maximum absolute atomic E-state index is 13.1. The Balaban J connectivity index is 1.31. The van der Waals surface area contributed by atoms with Gasteiger partial charge >= 0.3 is 0 Å². The molecule has 3 aromatic rings. The highest BCUT2D eigenvalue weighted by molar-refractivity contribution is 5.85. The summed E-state index contributed by atoms with van der Waals surface area (Å²) >= 11 is 0. The first-order valence-electron chi connectivity index (χ1n) is 12.1. The molecule has 1 aromatic carbocycles. The number of hydrogen-bond acceptors (Lipinski definition) is 7. The van der Waals surface area contributed by atoms with Crippen molar-refractivity contribution in [2.24, 2.45) is 5.92 Å². The van der Waals surface area contributed by atoms with Crippen molar-refractivity contribution >= 4 is 22.9 Å². The number of aromatic nitrogens is 4. The summed E-state index contributed by atoms with van der Waals surface area (Å²) in [7, 11) is 3.26. The molecule has 0 unspecified atom stereocenters. The molecule has 4 heterocycles. The molecular formula is C25H32N6O3. The van der Waals surface area contributed by atoms with E-state index in [0.717, 1.165) is 85.1 Å². The van der Waals surface area contributed by atoms with Crippen LogP contribution in [0.3, 0.4) is 0 Å². The molecule has 2 aliphatic rings. The van der Waals surface area contributed by atoms with Gasteiger partial charge in [0.2, 0.25) is 5.91 Å². The number of aryl methyl sites for hydroxylation is 2. The molecule has 0 radical (unpaired) electrons. The van der Waals surface area contributed by atoms with Crippen molar-refractivity contribution in [2.75, 3.05) is 32.2 Å². The summed E-state index contributed by atoms with van der Waals surface area (Å²) < 4.78 is 13.0. The van der Waals surface area contributed by atoms with E-state index in [0.29, 0.717) is 13.1 Å². The van der Waals surface area contributed by atoms with E-state index in [2.05, 4.69) is 24.8 Å². The first kappa shape index (κ1) is 22.4. The fourth-order valence-electron chi connectivity index (χ4n) is 5.09. The zero-order valence-corrected chi connectivity index (χ0v) is 19.9. The van der Waals surface area contributed by atoms with E-state index in [-0.39, 0.29) is 11.8 Å². The van der Waals surface area contributed by atoms with Crippen LogP contribution >= 0.6 is 0 Å². The third-order valence-corrected chi connectivity index (χ3v) is 6.91. The summed E-state index contributed by atoms with van der Waals surface area (Å²) in [6.45, 7) is 2.83. The monoisotopic (exact) mass is 464 g/mol. The number of fused-ring (bicyclic) bond motifs is 3. The fourth-order valence-corrected chi connectivity index (χ4v) is 5.09. The van der Waals surface area contributed by atoms with Crippen LogP contribution < -0.4 is 19.7 Å². The zero-order valence-electron chi connectivity index (χ0n) is 19.9. The number of carbonyl (C=O) groups excluding carboxylic acids is 1. The molecule has 1 fully saturated rings. The number of carbonyl (C=O) groups is 1. The van der Waals surface area contributed by atoms with Crippen LogP contribution in [0.2, 0.25) is 0 Å². The van der Waals surface area contributed by atoms with Crippen molar-refractivity contribution < 1.29 is 14.3 Å². The Morgan fingerprint density at radius 1 is 1.12 bits per heavy atom. The Bertz CT molecular complexity index is 1180. The van der Waals surface area contributed by atoms with E-state index in [1.54, 1.807) is 20.5 Å². The van der Waals surface area contributed by atoms with Crippen LogP contribution in [-0.2, 0) is 24.3 Å². The average Bonchev–Trinajstić information content (AvgIpc) is 3.07. The van der Waals surface area contributed by atoms with E-state index in [9.17, 15) is 4.79 Å². The molecule has 1 saturated heterocycles. The van der Waals surface area contributed by atoms with Crippen LogP contribution in [-0.4, -0.2) is 52.7 Å². The molecule has 9 nitrogen and oxygen atoms in total. The fraction of sp³-hybridized carbons (Fsp3) is 0.520. The molecule has 2 aromatic heterocycles. The first-order chi connectivity index (χ1) is 16.7. The van der Waals surface area contributed by atoms with Gasteiger partial charge in [-0.2, -0.15) is 0 Å². The third kappa shape index (κ3) is 4.38. The minimum absolute atomic E-state index is 0.0421. The average molecular weight is 465 g/mol. The van der Waals surface area contributed by atoms with Crippen molar-refractivity contribution in [1.29, 1.82) is 0 Å². The lowest BCUT2D eigenvalue weighted by atomic mass is 9.97. The van der Waals surface area contributed by atoms with Crippen LogP contribution in [0.15, 0.2) is 24.5 Å². The number of benzene rings is 1. The molecule has 1 N–H and O–H groups in total. The van der Waals surface area contributed by atoms with Gasteiger partial charge in [0, 0.05) is 38.2 Å². The van der Waals surface area contributed by atoms with Crippen LogP contribution in [0.5, 0.6) is 11.5 Å². The third-order valence-electron chi connectivity index (χ3n) is 6.91.